The molecule has 2 atom stereocenters. The van der Waals surface area contributed by atoms with Gasteiger partial charge in [-0.3, -0.25) is 9.59 Å². The van der Waals surface area contributed by atoms with Gasteiger partial charge in [0.25, 0.3) is 5.91 Å². The fourth-order valence-corrected chi connectivity index (χ4v) is 2.44. The van der Waals surface area contributed by atoms with E-state index in [1.54, 1.807) is 0 Å². The van der Waals surface area contributed by atoms with Gasteiger partial charge in [-0.15, -0.1) is 0 Å². The van der Waals surface area contributed by atoms with Crippen LogP contribution < -0.4 is 10.6 Å². The smallest absolute Gasteiger partial charge is 0.267 e. The molecule has 0 aromatic heterocycles. The molecule has 0 aromatic carbocycles. The number of nitrogens with one attached hydrogen (secondary N) is 2. The average Bonchev–Trinajstić information content (AvgIpc) is 2.28. The monoisotopic (exact) mass is 250 g/mol. The van der Waals surface area contributed by atoms with Crippen LogP contribution >= 0.6 is 0 Å². The largest absolute Gasteiger partial charge is 0.376 e. The Hall–Kier alpha value is -1.32. The lowest BCUT2D eigenvalue weighted by Gasteiger charge is -2.38. The van der Waals surface area contributed by atoms with E-state index in [1.807, 2.05) is 20.8 Å². The lowest BCUT2D eigenvalue weighted by Crippen LogP contribution is -2.58. The number of hydrogen-bond acceptors (Lipinski definition) is 3. The summed E-state index contributed by atoms with van der Waals surface area (Å²) < 4.78 is 0. The van der Waals surface area contributed by atoms with Crippen molar-refractivity contribution in [3.05, 3.63) is 11.8 Å². The molecule has 2 N–H and O–H groups in total. The number of hydrogen-bond donors (Lipinski definition) is 2. The minimum absolute atomic E-state index is 0.0191. The molecule has 2 rings (SSSR count). The molecule has 0 radical (unpaired) electrons. The maximum absolute atomic E-state index is 11.9. The third-order valence-corrected chi connectivity index (χ3v) is 3.68. The van der Waals surface area contributed by atoms with E-state index in [4.69, 9.17) is 0 Å². The number of ketones is 1. The van der Waals surface area contributed by atoms with Crippen molar-refractivity contribution in [3.63, 3.8) is 0 Å². The molecule has 4 heteroatoms. The van der Waals surface area contributed by atoms with Gasteiger partial charge in [0.15, 0.2) is 5.78 Å². The van der Waals surface area contributed by atoms with E-state index in [-0.39, 0.29) is 23.8 Å². The zero-order chi connectivity index (χ0) is 13.3. The van der Waals surface area contributed by atoms with Gasteiger partial charge in [0.1, 0.15) is 5.70 Å². The standard InChI is InChI=1S/C14H22N2O2/c1-14(2,3)12(17)8-11-13(18)16-10-7-5-4-6-9(10)15-11/h8-10,15H,4-7H2,1-3H3,(H,16,18). The number of carbonyl (C=O) groups excluding carboxylic acids is 2. The van der Waals surface area contributed by atoms with Crippen LogP contribution in [0.4, 0.5) is 0 Å². The van der Waals surface area contributed by atoms with Gasteiger partial charge in [-0.1, -0.05) is 33.6 Å². The topological polar surface area (TPSA) is 58.2 Å². The number of allylic oxidation sites excluding steroid dienone is 1. The summed E-state index contributed by atoms with van der Waals surface area (Å²) in [5, 5.41) is 6.24. The van der Waals surface area contributed by atoms with Gasteiger partial charge < -0.3 is 10.6 Å². The second-order valence-electron chi connectivity index (χ2n) is 6.29. The molecule has 0 spiro atoms. The van der Waals surface area contributed by atoms with E-state index >= 15 is 0 Å². The first-order chi connectivity index (χ1) is 8.38. The predicted octanol–water partition coefficient (Wildman–Crippen LogP) is 1.52. The molecule has 0 aromatic rings. The Morgan fingerprint density at radius 1 is 1.17 bits per heavy atom. The molecule has 4 nitrogen and oxygen atoms in total. The third kappa shape index (κ3) is 2.74. The van der Waals surface area contributed by atoms with E-state index in [2.05, 4.69) is 10.6 Å². The maximum Gasteiger partial charge on any atom is 0.267 e. The quantitative estimate of drug-likeness (QED) is 0.694. The summed E-state index contributed by atoms with van der Waals surface area (Å²) in [6.45, 7) is 5.57. The molecule has 100 valence electrons. The van der Waals surface area contributed by atoms with E-state index in [0.29, 0.717) is 5.70 Å². The van der Waals surface area contributed by atoms with Gasteiger partial charge in [-0.2, -0.15) is 0 Å². The van der Waals surface area contributed by atoms with E-state index in [1.165, 1.54) is 18.9 Å². The van der Waals surface area contributed by atoms with Crippen LogP contribution in [0.1, 0.15) is 46.5 Å². The summed E-state index contributed by atoms with van der Waals surface area (Å²) in [6.07, 6.45) is 5.91. The SMILES string of the molecule is CC(C)(C)C(=O)C=C1NC2CCCCC2NC1=O. The molecular formula is C14H22N2O2. The Kier molecular flexibility index (Phi) is 3.46. The number of piperazine rings is 1. The number of rotatable bonds is 1. The molecule has 0 bridgehead atoms. The minimum atomic E-state index is -0.446. The van der Waals surface area contributed by atoms with Gasteiger partial charge in [0.05, 0.1) is 0 Å². The molecule has 18 heavy (non-hydrogen) atoms. The van der Waals surface area contributed by atoms with Gasteiger partial charge in [0.2, 0.25) is 0 Å². The van der Waals surface area contributed by atoms with Gasteiger partial charge >= 0.3 is 0 Å². The van der Waals surface area contributed by atoms with Crippen LogP contribution in [0, 0.1) is 5.41 Å². The highest BCUT2D eigenvalue weighted by Gasteiger charge is 2.33. The molecule has 2 aliphatic rings. The fourth-order valence-electron chi connectivity index (χ4n) is 2.44. The normalized spacial score (nSPS) is 30.4. The van der Waals surface area contributed by atoms with Crippen LogP contribution in [0.25, 0.3) is 0 Å². The van der Waals surface area contributed by atoms with Crippen LogP contribution in [-0.2, 0) is 9.59 Å². The lowest BCUT2D eigenvalue weighted by molar-refractivity contribution is -0.123. The molecule has 1 heterocycles. The second-order valence-corrected chi connectivity index (χ2v) is 6.29. The molecule has 1 amide bonds. The Morgan fingerprint density at radius 2 is 1.72 bits per heavy atom. The molecule has 2 fully saturated rings. The zero-order valence-corrected chi connectivity index (χ0v) is 11.4. The van der Waals surface area contributed by atoms with Crippen LogP contribution in [-0.4, -0.2) is 23.8 Å². The van der Waals surface area contributed by atoms with Crippen LogP contribution in [0.3, 0.4) is 0 Å². The second kappa shape index (κ2) is 4.75. The Bertz CT molecular complexity index is 393. The first kappa shape index (κ1) is 13.1. The lowest BCUT2D eigenvalue weighted by atomic mass is 9.87. The molecule has 1 saturated heterocycles. The zero-order valence-electron chi connectivity index (χ0n) is 11.4. The van der Waals surface area contributed by atoms with Crippen molar-refractivity contribution >= 4 is 11.7 Å². The predicted molar refractivity (Wildman–Crippen MR) is 69.9 cm³/mol. The number of carbonyl (C=O) groups is 2. The van der Waals surface area contributed by atoms with Gasteiger partial charge in [-0.25, -0.2) is 0 Å². The van der Waals surface area contributed by atoms with Crippen LogP contribution in [0.5, 0.6) is 0 Å². The summed E-state index contributed by atoms with van der Waals surface area (Å²) in [5.74, 6) is -0.162. The van der Waals surface area contributed by atoms with E-state index < -0.39 is 5.41 Å². The summed E-state index contributed by atoms with van der Waals surface area (Å²) in [5.41, 5.74) is -0.0173. The Balaban J connectivity index is 2.12. The highest BCUT2D eigenvalue weighted by Crippen LogP contribution is 2.23. The summed E-state index contributed by atoms with van der Waals surface area (Å²) >= 11 is 0. The highest BCUT2D eigenvalue weighted by atomic mass is 16.2. The summed E-state index contributed by atoms with van der Waals surface area (Å²) in [6, 6.07) is 0.517. The van der Waals surface area contributed by atoms with Crippen LogP contribution in [0.15, 0.2) is 11.8 Å². The molecule has 1 saturated carbocycles. The van der Waals surface area contributed by atoms with Gasteiger partial charge in [-0.05, 0) is 12.8 Å². The Morgan fingerprint density at radius 3 is 2.28 bits per heavy atom. The minimum Gasteiger partial charge on any atom is -0.376 e. The molecular weight excluding hydrogens is 228 g/mol. The fraction of sp³-hybridized carbons (Fsp3) is 0.714. The van der Waals surface area contributed by atoms with Crippen molar-refractivity contribution in [2.24, 2.45) is 5.41 Å². The number of amides is 1. The van der Waals surface area contributed by atoms with Crippen molar-refractivity contribution in [2.75, 3.05) is 0 Å². The van der Waals surface area contributed by atoms with Crippen molar-refractivity contribution in [3.8, 4) is 0 Å². The first-order valence-corrected chi connectivity index (χ1v) is 6.71. The van der Waals surface area contributed by atoms with Crippen molar-refractivity contribution in [1.82, 2.24) is 10.6 Å². The highest BCUT2D eigenvalue weighted by molar-refractivity contribution is 6.03. The summed E-state index contributed by atoms with van der Waals surface area (Å²) in [7, 11) is 0. The molecule has 1 aliphatic heterocycles. The maximum atomic E-state index is 11.9. The average molecular weight is 250 g/mol. The summed E-state index contributed by atoms with van der Waals surface area (Å²) in [4.78, 5) is 23.9. The van der Waals surface area contributed by atoms with Crippen molar-refractivity contribution in [2.45, 2.75) is 58.5 Å². The van der Waals surface area contributed by atoms with Gasteiger partial charge in [0, 0.05) is 23.6 Å². The van der Waals surface area contributed by atoms with Crippen molar-refractivity contribution < 1.29 is 9.59 Å². The molecule has 2 unspecified atom stereocenters. The van der Waals surface area contributed by atoms with Crippen LogP contribution in [0.2, 0.25) is 0 Å². The number of fused-ring (bicyclic) bond motifs is 1. The van der Waals surface area contributed by atoms with Crippen molar-refractivity contribution in [1.29, 1.82) is 0 Å². The molecule has 1 aliphatic carbocycles. The first-order valence-electron chi connectivity index (χ1n) is 6.71. The van der Waals surface area contributed by atoms with E-state index in [9.17, 15) is 9.59 Å². The Labute approximate surface area is 108 Å². The van der Waals surface area contributed by atoms with E-state index in [0.717, 1.165) is 12.8 Å². The third-order valence-electron chi connectivity index (χ3n) is 3.68.